The largest absolute Gasteiger partial charge is 0.508 e. The third-order valence-electron chi connectivity index (χ3n) is 3.59. The molecule has 1 N–H and O–H groups in total. The number of ether oxygens (including phenoxy) is 1. The number of carbonyl (C=O) groups excluding carboxylic acids is 1. The van der Waals surface area contributed by atoms with Gasteiger partial charge in [-0.05, 0) is 35.4 Å². The molecular formula is C20H17NO3. The van der Waals surface area contributed by atoms with E-state index < -0.39 is 0 Å². The molecule has 0 saturated carbocycles. The number of benzene rings is 2. The van der Waals surface area contributed by atoms with Gasteiger partial charge in [-0.3, -0.25) is 9.78 Å². The summed E-state index contributed by atoms with van der Waals surface area (Å²) in [6, 6.07) is 17.9. The minimum absolute atomic E-state index is 0.0385. The topological polar surface area (TPSA) is 59.4 Å². The second-order valence-corrected chi connectivity index (χ2v) is 5.42. The van der Waals surface area contributed by atoms with Gasteiger partial charge in [-0.15, -0.1) is 0 Å². The second kappa shape index (κ2) is 7.42. The Labute approximate surface area is 140 Å². The standard InChI is InChI=1S/C20H17NO3/c22-17-8-9-20(24-14-15-5-2-1-3-6-15)18(12-17)19(23)11-16-7-4-10-21-13-16/h1-10,12-13,22H,11,14H2. The Kier molecular flexibility index (Phi) is 4.87. The fourth-order valence-electron chi connectivity index (χ4n) is 2.38. The van der Waals surface area contributed by atoms with E-state index in [0.29, 0.717) is 17.9 Å². The molecule has 0 fully saturated rings. The van der Waals surface area contributed by atoms with Gasteiger partial charge in [0, 0.05) is 18.8 Å². The smallest absolute Gasteiger partial charge is 0.171 e. The third kappa shape index (κ3) is 3.98. The Morgan fingerprint density at radius 1 is 1.00 bits per heavy atom. The number of rotatable bonds is 6. The number of Topliss-reactive ketones (excluding diaryl/α,β-unsaturated/α-hetero) is 1. The summed E-state index contributed by atoms with van der Waals surface area (Å²) in [5, 5.41) is 9.72. The first-order valence-corrected chi connectivity index (χ1v) is 7.64. The minimum atomic E-state index is -0.123. The third-order valence-corrected chi connectivity index (χ3v) is 3.59. The average molecular weight is 319 g/mol. The van der Waals surface area contributed by atoms with Crippen molar-refractivity contribution in [3.63, 3.8) is 0 Å². The molecule has 0 amide bonds. The zero-order valence-corrected chi connectivity index (χ0v) is 13.1. The monoisotopic (exact) mass is 319 g/mol. The first-order valence-electron chi connectivity index (χ1n) is 7.64. The maximum absolute atomic E-state index is 12.6. The predicted molar refractivity (Wildman–Crippen MR) is 91.2 cm³/mol. The minimum Gasteiger partial charge on any atom is -0.508 e. The number of aromatic hydroxyl groups is 1. The van der Waals surface area contributed by atoms with Gasteiger partial charge in [-0.2, -0.15) is 0 Å². The first-order chi connectivity index (χ1) is 11.7. The molecule has 0 aliphatic carbocycles. The number of aromatic nitrogens is 1. The second-order valence-electron chi connectivity index (χ2n) is 5.42. The van der Waals surface area contributed by atoms with E-state index in [4.69, 9.17) is 4.74 Å². The highest BCUT2D eigenvalue weighted by Crippen LogP contribution is 2.26. The lowest BCUT2D eigenvalue weighted by Gasteiger charge is -2.11. The van der Waals surface area contributed by atoms with Crippen molar-refractivity contribution in [3.05, 3.63) is 89.7 Å². The molecule has 24 heavy (non-hydrogen) atoms. The molecule has 0 unspecified atom stereocenters. The van der Waals surface area contributed by atoms with Crippen molar-refractivity contribution in [2.75, 3.05) is 0 Å². The molecule has 120 valence electrons. The molecule has 0 atom stereocenters. The lowest BCUT2D eigenvalue weighted by Crippen LogP contribution is -2.07. The van der Waals surface area contributed by atoms with E-state index >= 15 is 0 Å². The van der Waals surface area contributed by atoms with E-state index in [2.05, 4.69) is 4.98 Å². The Hall–Kier alpha value is -3.14. The number of phenols is 1. The predicted octanol–water partition coefficient (Wildman–Crippen LogP) is 3.79. The van der Waals surface area contributed by atoms with Crippen LogP contribution in [0.15, 0.2) is 73.1 Å². The van der Waals surface area contributed by atoms with Crippen molar-refractivity contribution in [2.45, 2.75) is 13.0 Å². The molecule has 3 rings (SSSR count). The number of ketones is 1. The molecule has 1 heterocycles. The van der Waals surface area contributed by atoms with Gasteiger partial charge in [0.05, 0.1) is 5.56 Å². The van der Waals surface area contributed by atoms with Gasteiger partial charge in [-0.1, -0.05) is 36.4 Å². The molecule has 3 aromatic rings. The van der Waals surface area contributed by atoms with E-state index in [-0.39, 0.29) is 18.0 Å². The van der Waals surface area contributed by atoms with E-state index in [9.17, 15) is 9.90 Å². The summed E-state index contributed by atoms with van der Waals surface area (Å²) >= 11 is 0. The van der Waals surface area contributed by atoms with E-state index in [0.717, 1.165) is 11.1 Å². The Morgan fingerprint density at radius 2 is 1.79 bits per heavy atom. The van der Waals surface area contributed by atoms with Crippen molar-refractivity contribution < 1.29 is 14.6 Å². The number of pyridine rings is 1. The zero-order chi connectivity index (χ0) is 16.8. The number of nitrogens with zero attached hydrogens (tertiary/aromatic N) is 1. The summed E-state index contributed by atoms with van der Waals surface area (Å²) < 4.78 is 5.79. The number of hydrogen-bond donors (Lipinski definition) is 1. The molecule has 0 aliphatic rings. The Morgan fingerprint density at radius 3 is 2.54 bits per heavy atom. The summed E-state index contributed by atoms with van der Waals surface area (Å²) in [4.78, 5) is 16.6. The highest BCUT2D eigenvalue weighted by molar-refractivity contribution is 6.00. The van der Waals surface area contributed by atoms with Crippen LogP contribution in [0, 0.1) is 0 Å². The van der Waals surface area contributed by atoms with Crippen molar-refractivity contribution in [3.8, 4) is 11.5 Å². The van der Waals surface area contributed by atoms with Crippen LogP contribution in [-0.4, -0.2) is 15.9 Å². The van der Waals surface area contributed by atoms with Crippen molar-refractivity contribution in [1.29, 1.82) is 0 Å². The number of carbonyl (C=O) groups is 1. The van der Waals surface area contributed by atoms with Crippen LogP contribution in [0.1, 0.15) is 21.5 Å². The van der Waals surface area contributed by atoms with Gasteiger partial charge < -0.3 is 9.84 Å². The van der Waals surface area contributed by atoms with Gasteiger partial charge in [0.15, 0.2) is 5.78 Å². The summed E-state index contributed by atoms with van der Waals surface area (Å²) in [6.07, 6.45) is 3.53. The van der Waals surface area contributed by atoms with Gasteiger partial charge in [-0.25, -0.2) is 0 Å². The molecule has 4 heteroatoms. The average Bonchev–Trinajstić information content (AvgIpc) is 2.62. The molecule has 1 aromatic heterocycles. The maximum Gasteiger partial charge on any atom is 0.171 e. The Bertz CT molecular complexity index is 817. The van der Waals surface area contributed by atoms with Crippen LogP contribution < -0.4 is 4.74 Å². The van der Waals surface area contributed by atoms with Crippen molar-refractivity contribution >= 4 is 5.78 Å². The van der Waals surface area contributed by atoms with Crippen LogP contribution in [0.5, 0.6) is 11.5 Å². The van der Waals surface area contributed by atoms with Crippen LogP contribution in [-0.2, 0) is 13.0 Å². The molecule has 0 radical (unpaired) electrons. The molecule has 0 aliphatic heterocycles. The highest BCUT2D eigenvalue weighted by atomic mass is 16.5. The lowest BCUT2D eigenvalue weighted by atomic mass is 10.0. The fraction of sp³-hybridized carbons (Fsp3) is 0.100. The fourth-order valence-corrected chi connectivity index (χ4v) is 2.38. The van der Waals surface area contributed by atoms with Crippen LogP contribution in [0.3, 0.4) is 0 Å². The van der Waals surface area contributed by atoms with Gasteiger partial charge in [0.2, 0.25) is 0 Å². The summed E-state index contributed by atoms with van der Waals surface area (Å²) in [6.45, 7) is 0.360. The first kappa shape index (κ1) is 15.7. The number of phenolic OH excluding ortho intramolecular Hbond substituents is 1. The molecular weight excluding hydrogens is 302 g/mol. The summed E-state index contributed by atoms with van der Waals surface area (Å²) in [5.74, 6) is 0.379. The molecule has 2 aromatic carbocycles. The van der Waals surface area contributed by atoms with Crippen LogP contribution in [0.25, 0.3) is 0 Å². The van der Waals surface area contributed by atoms with Crippen molar-refractivity contribution in [1.82, 2.24) is 4.98 Å². The molecule has 0 bridgehead atoms. The summed E-state index contributed by atoms with van der Waals surface area (Å²) in [5.41, 5.74) is 2.20. The van der Waals surface area contributed by atoms with Crippen molar-refractivity contribution in [2.24, 2.45) is 0 Å². The lowest BCUT2D eigenvalue weighted by molar-refractivity contribution is 0.0988. The van der Waals surface area contributed by atoms with E-state index in [1.54, 1.807) is 24.5 Å². The van der Waals surface area contributed by atoms with Crippen LogP contribution in [0.2, 0.25) is 0 Å². The van der Waals surface area contributed by atoms with E-state index in [1.807, 2.05) is 36.4 Å². The molecule has 4 nitrogen and oxygen atoms in total. The van der Waals surface area contributed by atoms with Gasteiger partial charge in [0.1, 0.15) is 18.1 Å². The highest BCUT2D eigenvalue weighted by Gasteiger charge is 2.14. The number of hydrogen-bond acceptors (Lipinski definition) is 4. The quantitative estimate of drug-likeness (QED) is 0.702. The maximum atomic E-state index is 12.6. The molecule has 0 saturated heterocycles. The van der Waals surface area contributed by atoms with E-state index in [1.165, 1.54) is 12.1 Å². The Balaban J connectivity index is 1.79. The van der Waals surface area contributed by atoms with Gasteiger partial charge in [0.25, 0.3) is 0 Å². The van der Waals surface area contributed by atoms with Crippen LogP contribution in [0.4, 0.5) is 0 Å². The normalized spacial score (nSPS) is 10.3. The SMILES string of the molecule is O=C(Cc1cccnc1)c1cc(O)ccc1OCc1ccccc1. The van der Waals surface area contributed by atoms with Crippen LogP contribution >= 0.6 is 0 Å². The van der Waals surface area contributed by atoms with Gasteiger partial charge >= 0.3 is 0 Å². The summed E-state index contributed by atoms with van der Waals surface area (Å²) in [7, 11) is 0. The molecule has 0 spiro atoms. The zero-order valence-electron chi connectivity index (χ0n) is 13.1.